The fourth-order valence-electron chi connectivity index (χ4n) is 1.47. The Hall–Kier alpha value is -2.18. The lowest BCUT2D eigenvalue weighted by Crippen LogP contribution is -2.33. The second kappa shape index (κ2) is 16.7. The molecule has 0 radical (unpaired) electrons. The first kappa shape index (κ1) is 25.1. The van der Waals surface area contributed by atoms with Crippen LogP contribution in [0.4, 0.5) is 0 Å². The molecule has 7 nitrogen and oxygen atoms in total. The summed E-state index contributed by atoms with van der Waals surface area (Å²) in [6, 6.07) is 0. The molecule has 0 spiro atoms. The smallest absolute Gasteiger partial charge is 0.244 e. The summed E-state index contributed by atoms with van der Waals surface area (Å²) < 4.78 is 0. The molecule has 0 rings (SSSR count). The Morgan fingerprint density at radius 3 is 1.76 bits per heavy atom. The van der Waals surface area contributed by atoms with Gasteiger partial charge >= 0.3 is 0 Å². The summed E-state index contributed by atoms with van der Waals surface area (Å²) in [4.78, 5) is 45.5. The number of carbonyl (C=O) groups excluding carboxylic acids is 4. The van der Waals surface area contributed by atoms with Crippen molar-refractivity contribution in [3.8, 4) is 0 Å². The zero-order chi connectivity index (χ0) is 19.7. The van der Waals surface area contributed by atoms with E-state index in [9.17, 15) is 19.2 Å². The zero-order valence-corrected chi connectivity index (χ0v) is 16.1. The highest BCUT2D eigenvalue weighted by Gasteiger charge is 2.05. The van der Waals surface area contributed by atoms with Gasteiger partial charge in [-0.25, -0.2) is 0 Å². The van der Waals surface area contributed by atoms with E-state index in [1.165, 1.54) is 6.08 Å². The third-order valence-corrected chi connectivity index (χ3v) is 2.87. The van der Waals surface area contributed by atoms with Gasteiger partial charge in [-0.1, -0.05) is 34.6 Å². The van der Waals surface area contributed by atoms with Crippen molar-refractivity contribution in [1.29, 1.82) is 0 Å². The van der Waals surface area contributed by atoms with Gasteiger partial charge in [-0.05, 0) is 12.5 Å². The Labute approximate surface area is 151 Å². The Kier molecular flexibility index (Phi) is 16.7. The number of hydrogen-bond acceptors (Lipinski definition) is 4. The van der Waals surface area contributed by atoms with Crippen molar-refractivity contribution in [1.82, 2.24) is 16.0 Å². The summed E-state index contributed by atoms with van der Waals surface area (Å²) in [6.45, 7) is 10.5. The molecule has 0 unspecified atom stereocenters. The van der Waals surface area contributed by atoms with E-state index in [0.29, 0.717) is 6.54 Å². The van der Waals surface area contributed by atoms with Crippen molar-refractivity contribution in [2.24, 2.45) is 5.92 Å². The van der Waals surface area contributed by atoms with Gasteiger partial charge in [-0.2, -0.15) is 0 Å². The summed E-state index contributed by atoms with van der Waals surface area (Å²) in [7, 11) is 0. The Balaban J connectivity index is 0. The van der Waals surface area contributed by atoms with E-state index in [4.69, 9.17) is 0 Å². The lowest BCUT2D eigenvalue weighted by molar-refractivity contribution is -0.122. The van der Waals surface area contributed by atoms with Gasteiger partial charge in [0.1, 0.15) is 0 Å². The predicted octanol–water partition coefficient (Wildman–Crippen LogP) is 1.33. The van der Waals surface area contributed by atoms with E-state index >= 15 is 0 Å². The molecule has 0 saturated carbocycles. The normalized spacial score (nSPS) is 10.0. The third kappa shape index (κ3) is 16.5. The van der Waals surface area contributed by atoms with Crippen molar-refractivity contribution in [2.45, 2.75) is 53.9 Å². The highest BCUT2D eigenvalue weighted by atomic mass is 16.2. The van der Waals surface area contributed by atoms with Crippen LogP contribution >= 0.6 is 0 Å². The van der Waals surface area contributed by atoms with Crippen LogP contribution in [-0.4, -0.2) is 43.1 Å². The summed E-state index contributed by atoms with van der Waals surface area (Å²) in [5, 5.41) is 7.84. The first-order chi connectivity index (χ1) is 11.9. The third-order valence-electron chi connectivity index (χ3n) is 2.87. The Morgan fingerprint density at radius 2 is 1.28 bits per heavy atom. The number of amides is 3. The van der Waals surface area contributed by atoms with E-state index in [1.54, 1.807) is 13.8 Å². The molecule has 3 amide bonds. The van der Waals surface area contributed by atoms with Gasteiger partial charge in [-0.15, -0.1) is 0 Å². The lowest BCUT2D eigenvalue weighted by Gasteiger charge is -2.06. The average molecular weight is 355 g/mol. The van der Waals surface area contributed by atoms with Crippen LogP contribution in [0.25, 0.3) is 0 Å². The second-order valence-corrected chi connectivity index (χ2v) is 5.38. The fourth-order valence-corrected chi connectivity index (χ4v) is 1.47. The molecule has 144 valence electrons. The molecule has 0 heterocycles. The molecule has 3 N–H and O–H groups in total. The molecular formula is C18H33N3O4. The van der Waals surface area contributed by atoms with Gasteiger partial charge < -0.3 is 16.0 Å². The van der Waals surface area contributed by atoms with Gasteiger partial charge in [-0.3, -0.25) is 19.2 Å². The Bertz CT molecular complexity index is 446. The number of rotatable bonds is 11. The highest BCUT2D eigenvalue weighted by Crippen LogP contribution is 1.94. The van der Waals surface area contributed by atoms with Crippen molar-refractivity contribution in [2.75, 3.05) is 19.6 Å². The summed E-state index contributed by atoms with van der Waals surface area (Å²) >= 11 is 0. The van der Waals surface area contributed by atoms with Gasteiger partial charge in [0.15, 0.2) is 5.78 Å². The maximum absolute atomic E-state index is 11.5. The van der Waals surface area contributed by atoms with Crippen molar-refractivity contribution in [3.63, 3.8) is 0 Å². The van der Waals surface area contributed by atoms with Gasteiger partial charge in [0, 0.05) is 44.5 Å². The SMILES string of the molecule is CC.CCCNC(=O)CCNC(=O)CCNC(=O)/C=C\C(=O)C(C)C. The van der Waals surface area contributed by atoms with Gasteiger partial charge in [0.05, 0.1) is 0 Å². The molecule has 0 aromatic carbocycles. The van der Waals surface area contributed by atoms with Crippen molar-refractivity contribution >= 4 is 23.5 Å². The molecule has 7 heteroatoms. The monoisotopic (exact) mass is 355 g/mol. The highest BCUT2D eigenvalue weighted by molar-refractivity contribution is 5.98. The molecule has 0 aliphatic rings. The summed E-state index contributed by atoms with van der Waals surface area (Å²) in [6.07, 6.45) is 3.62. The molecule has 0 aliphatic carbocycles. The molecule has 0 bridgehead atoms. The molecule has 0 saturated heterocycles. The average Bonchev–Trinajstić information content (AvgIpc) is 2.59. The van der Waals surface area contributed by atoms with Crippen LogP contribution < -0.4 is 16.0 Å². The molecular weight excluding hydrogens is 322 g/mol. The van der Waals surface area contributed by atoms with Crippen LogP contribution in [0.1, 0.15) is 53.9 Å². The maximum Gasteiger partial charge on any atom is 0.244 e. The molecule has 0 atom stereocenters. The minimum Gasteiger partial charge on any atom is -0.356 e. The van der Waals surface area contributed by atoms with E-state index in [1.807, 2.05) is 20.8 Å². The zero-order valence-electron chi connectivity index (χ0n) is 16.1. The molecule has 0 aromatic rings. The molecule has 0 aliphatic heterocycles. The van der Waals surface area contributed by atoms with Crippen LogP contribution in [0.3, 0.4) is 0 Å². The van der Waals surface area contributed by atoms with Crippen LogP contribution in [0.2, 0.25) is 0 Å². The fraction of sp³-hybridized carbons (Fsp3) is 0.667. The number of allylic oxidation sites excluding steroid dienone is 1. The molecule has 0 fully saturated rings. The standard InChI is InChI=1S/C16H27N3O4.C2H6/c1-4-9-17-15(22)7-11-19-16(23)8-10-18-14(21)6-5-13(20)12(2)3;1-2/h5-6,12H,4,7-11H2,1-3H3,(H,17,22)(H,18,21)(H,19,23);1-2H3/b6-5-;. The van der Waals surface area contributed by atoms with E-state index in [2.05, 4.69) is 16.0 Å². The largest absolute Gasteiger partial charge is 0.356 e. The topological polar surface area (TPSA) is 104 Å². The lowest BCUT2D eigenvalue weighted by atomic mass is 10.1. The predicted molar refractivity (Wildman–Crippen MR) is 98.9 cm³/mol. The minimum atomic E-state index is -0.411. The van der Waals surface area contributed by atoms with Crippen molar-refractivity contribution in [3.05, 3.63) is 12.2 Å². The molecule has 0 aromatic heterocycles. The Morgan fingerprint density at radius 1 is 0.800 bits per heavy atom. The van der Waals surface area contributed by atoms with Crippen LogP contribution in [-0.2, 0) is 19.2 Å². The van der Waals surface area contributed by atoms with Crippen LogP contribution in [0.5, 0.6) is 0 Å². The van der Waals surface area contributed by atoms with Crippen LogP contribution in [0.15, 0.2) is 12.2 Å². The van der Waals surface area contributed by atoms with E-state index < -0.39 is 5.91 Å². The van der Waals surface area contributed by atoms with Gasteiger partial charge in [0.2, 0.25) is 17.7 Å². The van der Waals surface area contributed by atoms with E-state index in [-0.39, 0.29) is 49.4 Å². The number of ketones is 1. The van der Waals surface area contributed by atoms with Gasteiger partial charge in [0.25, 0.3) is 0 Å². The summed E-state index contributed by atoms with van der Waals surface area (Å²) in [5.74, 6) is -1.03. The first-order valence-corrected chi connectivity index (χ1v) is 8.90. The number of carbonyl (C=O) groups is 4. The first-order valence-electron chi connectivity index (χ1n) is 8.90. The minimum absolute atomic E-state index is 0.0968. The number of nitrogens with one attached hydrogen (secondary N) is 3. The quantitative estimate of drug-likeness (QED) is 0.486. The number of hydrogen-bond donors (Lipinski definition) is 3. The maximum atomic E-state index is 11.5. The second-order valence-electron chi connectivity index (χ2n) is 5.38. The summed E-state index contributed by atoms with van der Waals surface area (Å²) in [5.41, 5.74) is 0. The van der Waals surface area contributed by atoms with E-state index in [0.717, 1.165) is 12.5 Å². The molecule has 25 heavy (non-hydrogen) atoms. The van der Waals surface area contributed by atoms with Crippen LogP contribution in [0, 0.1) is 5.92 Å². The van der Waals surface area contributed by atoms with Crippen molar-refractivity contribution < 1.29 is 19.2 Å².